The highest BCUT2D eigenvalue weighted by molar-refractivity contribution is 9.10. The third-order valence-electron chi connectivity index (χ3n) is 6.57. The zero-order chi connectivity index (χ0) is 25.1. The lowest BCUT2D eigenvalue weighted by atomic mass is 9.94. The summed E-state index contributed by atoms with van der Waals surface area (Å²) >= 11 is 3.45. The standard InChI is InChI=1S/C26H28BrN5O4/c1-16-23(25(33)36-20-6-4-3-5-7-20)24(32-26(28-16)29-30-31-32)18-10-13-21(22(14-18)34-2)35-15-17-8-11-19(27)12-9-17/h8-14,20,24H,3-7,15H2,1-2H3,(H,28,29,31). The zero-order valence-corrected chi connectivity index (χ0v) is 21.8. The minimum absolute atomic E-state index is 0.0635. The van der Waals surface area contributed by atoms with Gasteiger partial charge in [-0.15, -0.1) is 0 Å². The monoisotopic (exact) mass is 553 g/mol. The molecule has 10 heteroatoms. The Hall–Kier alpha value is -3.40. The van der Waals surface area contributed by atoms with Crippen molar-refractivity contribution in [1.29, 1.82) is 0 Å². The van der Waals surface area contributed by atoms with Crippen LogP contribution in [0.5, 0.6) is 11.5 Å². The Morgan fingerprint density at radius 3 is 2.64 bits per heavy atom. The van der Waals surface area contributed by atoms with Crippen LogP contribution < -0.4 is 14.8 Å². The van der Waals surface area contributed by atoms with E-state index in [1.54, 1.807) is 11.8 Å². The van der Waals surface area contributed by atoms with Gasteiger partial charge >= 0.3 is 5.97 Å². The molecule has 3 aromatic rings. The van der Waals surface area contributed by atoms with E-state index in [0.29, 0.717) is 35.3 Å². The van der Waals surface area contributed by atoms with Crippen LogP contribution in [-0.2, 0) is 16.1 Å². The number of methoxy groups -OCH3 is 1. The largest absolute Gasteiger partial charge is 0.493 e. The van der Waals surface area contributed by atoms with E-state index in [4.69, 9.17) is 14.2 Å². The maximum absolute atomic E-state index is 13.4. The van der Waals surface area contributed by atoms with E-state index < -0.39 is 6.04 Å². The number of aromatic nitrogens is 4. The molecule has 0 bridgehead atoms. The van der Waals surface area contributed by atoms with Crippen LogP contribution in [-0.4, -0.2) is 39.4 Å². The highest BCUT2D eigenvalue weighted by atomic mass is 79.9. The minimum Gasteiger partial charge on any atom is -0.493 e. The van der Waals surface area contributed by atoms with Gasteiger partial charge in [-0.25, -0.2) is 4.79 Å². The van der Waals surface area contributed by atoms with E-state index in [2.05, 4.69) is 36.8 Å². The van der Waals surface area contributed by atoms with Crippen LogP contribution in [0.4, 0.5) is 5.95 Å². The Morgan fingerprint density at radius 2 is 1.89 bits per heavy atom. The van der Waals surface area contributed by atoms with Gasteiger partial charge in [-0.3, -0.25) is 0 Å². The maximum atomic E-state index is 13.4. The highest BCUT2D eigenvalue weighted by Gasteiger charge is 2.36. The average molecular weight is 554 g/mol. The number of nitrogens with one attached hydrogen (secondary N) is 1. The summed E-state index contributed by atoms with van der Waals surface area (Å²) in [6.45, 7) is 2.24. The second-order valence-corrected chi connectivity index (χ2v) is 9.92. The Morgan fingerprint density at radius 1 is 1.11 bits per heavy atom. The SMILES string of the molecule is COc1cc(C2C(C(=O)OC3CCCCC3)=C(C)Nc3nnnn32)ccc1OCc1ccc(Br)cc1. The van der Waals surface area contributed by atoms with E-state index in [0.717, 1.165) is 41.3 Å². The number of nitrogens with zero attached hydrogens (tertiary/aromatic N) is 4. The quantitative estimate of drug-likeness (QED) is 0.399. The zero-order valence-electron chi connectivity index (χ0n) is 20.2. The lowest BCUT2D eigenvalue weighted by Gasteiger charge is -2.29. The summed E-state index contributed by atoms with van der Waals surface area (Å²) in [4.78, 5) is 13.4. The van der Waals surface area contributed by atoms with Crippen molar-refractivity contribution in [2.24, 2.45) is 0 Å². The van der Waals surface area contributed by atoms with Gasteiger partial charge in [0.25, 0.3) is 0 Å². The van der Waals surface area contributed by atoms with Crippen LogP contribution in [0.2, 0.25) is 0 Å². The summed E-state index contributed by atoms with van der Waals surface area (Å²) in [5.41, 5.74) is 2.96. The molecule has 0 spiro atoms. The van der Waals surface area contributed by atoms with Gasteiger partial charge in [-0.1, -0.05) is 45.6 Å². The van der Waals surface area contributed by atoms with E-state index in [9.17, 15) is 4.79 Å². The summed E-state index contributed by atoms with van der Waals surface area (Å²) in [5, 5.41) is 15.2. The number of ether oxygens (including phenoxy) is 3. The first kappa shape index (κ1) is 24.3. The number of hydrogen-bond donors (Lipinski definition) is 1. The number of fused-ring (bicyclic) bond motifs is 1. The van der Waals surface area contributed by atoms with Crippen molar-refractivity contribution in [1.82, 2.24) is 20.2 Å². The third-order valence-corrected chi connectivity index (χ3v) is 7.10. The normalized spacial score (nSPS) is 17.8. The summed E-state index contributed by atoms with van der Waals surface area (Å²) in [6, 6.07) is 13.0. The van der Waals surface area contributed by atoms with Crippen molar-refractivity contribution < 1.29 is 19.0 Å². The van der Waals surface area contributed by atoms with Gasteiger partial charge in [0, 0.05) is 10.2 Å². The lowest BCUT2D eigenvalue weighted by Crippen LogP contribution is -2.32. The smallest absolute Gasteiger partial charge is 0.338 e. The fourth-order valence-corrected chi connectivity index (χ4v) is 4.96. The number of esters is 1. The Balaban J connectivity index is 1.43. The average Bonchev–Trinajstić information content (AvgIpc) is 3.36. The van der Waals surface area contributed by atoms with Gasteiger partial charge in [0.1, 0.15) is 18.8 Å². The molecule has 0 radical (unpaired) electrons. The van der Waals surface area contributed by atoms with Crippen LogP contribution >= 0.6 is 15.9 Å². The lowest BCUT2D eigenvalue weighted by molar-refractivity contribution is -0.146. The predicted octanol–water partition coefficient (Wildman–Crippen LogP) is 5.19. The molecule has 188 valence electrons. The van der Waals surface area contributed by atoms with Gasteiger partial charge in [-0.05, 0) is 78.4 Å². The molecule has 0 amide bonds. The Bertz CT molecular complexity index is 1270. The molecule has 1 aliphatic heterocycles. The third kappa shape index (κ3) is 5.09. The number of tetrazole rings is 1. The number of hydrogen-bond acceptors (Lipinski definition) is 8. The molecule has 36 heavy (non-hydrogen) atoms. The van der Waals surface area contributed by atoms with Crippen LogP contribution in [0.15, 0.2) is 58.2 Å². The summed E-state index contributed by atoms with van der Waals surface area (Å²) in [6.07, 6.45) is 5.06. The molecule has 5 rings (SSSR count). The van der Waals surface area contributed by atoms with Gasteiger partial charge in [-0.2, -0.15) is 4.68 Å². The summed E-state index contributed by atoms with van der Waals surface area (Å²) in [7, 11) is 1.59. The molecular weight excluding hydrogens is 526 g/mol. The molecule has 1 atom stereocenters. The molecule has 9 nitrogen and oxygen atoms in total. The van der Waals surface area contributed by atoms with E-state index >= 15 is 0 Å². The second kappa shape index (κ2) is 10.7. The molecule has 0 saturated heterocycles. The second-order valence-electron chi connectivity index (χ2n) is 9.00. The maximum Gasteiger partial charge on any atom is 0.338 e. The van der Waals surface area contributed by atoms with Crippen LogP contribution in [0.1, 0.15) is 56.2 Å². The molecule has 1 unspecified atom stereocenters. The topological polar surface area (TPSA) is 100 Å². The molecule has 1 fully saturated rings. The summed E-state index contributed by atoms with van der Waals surface area (Å²) < 4.78 is 20.3. The first-order valence-electron chi connectivity index (χ1n) is 12.1. The fraction of sp³-hybridized carbons (Fsp3) is 0.385. The van der Waals surface area contributed by atoms with Crippen molar-refractivity contribution in [3.8, 4) is 11.5 Å². The van der Waals surface area contributed by atoms with Gasteiger partial charge < -0.3 is 19.5 Å². The van der Waals surface area contributed by atoms with E-state index in [-0.39, 0.29) is 12.1 Å². The predicted molar refractivity (Wildman–Crippen MR) is 137 cm³/mol. The fourth-order valence-electron chi connectivity index (χ4n) is 4.70. The Labute approximate surface area is 217 Å². The first-order valence-corrected chi connectivity index (χ1v) is 12.8. The van der Waals surface area contributed by atoms with Crippen molar-refractivity contribution in [3.05, 3.63) is 69.3 Å². The molecule has 2 aliphatic rings. The van der Waals surface area contributed by atoms with Crippen molar-refractivity contribution in [3.63, 3.8) is 0 Å². The molecule has 1 aromatic heterocycles. The van der Waals surface area contributed by atoms with Gasteiger partial charge in [0.15, 0.2) is 11.5 Å². The van der Waals surface area contributed by atoms with E-state index in [1.807, 2.05) is 49.4 Å². The van der Waals surface area contributed by atoms with Crippen molar-refractivity contribution in [2.75, 3.05) is 12.4 Å². The molecule has 1 aliphatic carbocycles. The minimum atomic E-state index is -0.568. The van der Waals surface area contributed by atoms with E-state index in [1.165, 1.54) is 6.42 Å². The number of benzene rings is 2. The number of carbonyl (C=O) groups is 1. The van der Waals surface area contributed by atoms with Gasteiger partial charge in [0.05, 0.1) is 12.7 Å². The number of halogens is 1. The number of carbonyl (C=O) groups excluding carboxylic acids is 1. The molecule has 1 saturated carbocycles. The highest BCUT2D eigenvalue weighted by Crippen LogP contribution is 2.39. The number of allylic oxidation sites excluding steroid dienone is 1. The molecule has 1 N–H and O–H groups in total. The number of rotatable bonds is 7. The Kier molecular flexibility index (Phi) is 7.22. The van der Waals surface area contributed by atoms with Gasteiger partial charge in [0.2, 0.25) is 5.95 Å². The first-order chi connectivity index (χ1) is 17.5. The molecule has 2 heterocycles. The van der Waals surface area contributed by atoms with Crippen molar-refractivity contribution in [2.45, 2.75) is 57.8 Å². The van der Waals surface area contributed by atoms with Crippen LogP contribution in [0, 0.1) is 0 Å². The van der Waals surface area contributed by atoms with Crippen LogP contribution in [0.3, 0.4) is 0 Å². The molecular formula is C26H28BrN5O4. The summed E-state index contributed by atoms with van der Waals surface area (Å²) in [5.74, 6) is 1.26. The van der Waals surface area contributed by atoms with Crippen LogP contribution in [0.25, 0.3) is 0 Å². The number of anilines is 1. The molecule has 2 aromatic carbocycles. The van der Waals surface area contributed by atoms with Crippen molar-refractivity contribution >= 4 is 27.8 Å².